The minimum atomic E-state index is 0.557. The van der Waals surface area contributed by atoms with Crippen molar-refractivity contribution >= 4 is 5.96 Å². The van der Waals surface area contributed by atoms with Gasteiger partial charge in [0.1, 0.15) is 12.3 Å². The van der Waals surface area contributed by atoms with Crippen molar-refractivity contribution in [3.63, 3.8) is 0 Å². The number of hydrogen-bond acceptors (Lipinski definition) is 3. The van der Waals surface area contributed by atoms with E-state index in [1.54, 1.807) is 6.26 Å². The third-order valence-electron chi connectivity index (χ3n) is 2.53. The van der Waals surface area contributed by atoms with Crippen LogP contribution in [0.5, 0.6) is 0 Å². The van der Waals surface area contributed by atoms with E-state index in [1.807, 2.05) is 19.1 Å². The van der Waals surface area contributed by atoms with Gasteiger partial charge in [-0.25, -0.2) is 4.99 Å². The molecule has 108 valence electrons. The van der Waals surface area contributed by atoms with Crippen LogP contribution in [0.2, 0.25) is 0 Å². The van der Waals surface area contributed by atoms with E-state index in [1.165, 1.54) is 0 Å². The molecular weight excluding hydrogens is 242 g/mol. The Hall–Kier alpha value is -1.49. The topological polar surface area (TPSA) is 58.8 Å². The molecule has 5 nitrogen and oxygen atoms in total. The second-order valence-corrected chi connectivity index (χ2v) is 4.11. The van der Waals surface area contributed by atoms with Gasteiger partial charge in [-0.15, -0.1) is 0 Å². The lowest BCUT2D eigenvalue weighted by Gasteiger charge is -2.10. The predicted molar refractivity (Wildman–Crippen MR) is 77.3 cm³/mol. The highest BCUT2D eigenvalue weighted by molar-refractivity contribution is 5.79. The summed E-state index contributed by atoms with van der Waals surface area (Å²) in [5.74, 6) is 1.70. The summed E-state index contributed by atoms with van der Waals surface area (Å²) in [6.45, 7) is 8.00. The Labute approximate surface area is 115 Å². The molecule has 1 aromatic rings. The van der Waals surface area contributed by atoms with Gasteiger partial charge in [-0.3, -0.25) is 0 Å². The zero-order chi connectivity index (χ0) is 13.8. The van der Waals surface area contributed by atoms with E-state index >= 15 is 0 Å². The Kier molecular flexibility index (Phi) is 8.55. The van der Waals surface area contributed by atoms with E-state index in [2.05, 4.69) is 22.5 Å². The van der Waals surface area contributed by atoms with Gasteiger partial charge in [-0.1, -0.05) is 0 Å². The molecule has 1 aromatic heterocycles. The van der Waals surface area contributed by atoms with Gasteiger partial charge >= 0.3 is 0 Å². The normalized spacial score (nSPS) is 11.6. The van der Waals surface area contributed by atoms with Crippen LogP contribution in [0.1, 0.15) is 32.4 Å². The van der Waals surface area contributed by atoms with Crippen molar-refractivity contribution < 1.29 is 9.15 Å². The van der Waals surface area contributed by atoms with Crippen LogP contribution in [0, 0.1) is 0 Å². The molecule has 0 fully saturated rings. The SMILES string of the molecule is CCNC(=NCc1ccco1)NCCCCOCC. The Morgan fingerprint density at radius 3 is 2.89 bits per heavy atom. The Bertz CT molecular complexity index is 336. The molecule has 0 aliphatic heterocycles. The first-order valence-corrected chi connectivity index (χ1v) is 6.99. The van der Waals surface area contributed by atoms with Crippen LogP contribution in [-0.4, -0.2) is 32.3 Å². The third-order valence-corrected chi connectivity index (χ3v) is 2.53. The summed E-state index contributed by atoms with van der Waals surface area (Å²) in [5.41, 5.74) is 0. The van der Waals surface area contributed by atoms with Gasteiger partial charge in [-0.05, 0) is 38.8 Å². The Morgan fingerprint density at radius 1 is 1.32 bits per heavy atom. The zero-order valence-corrected chi connectivity index (χ0v) is 11.9. The second kappa shape index (κ2) is 10.4. The minimum absolute atomic E-state index is 0.557. The van der Waals surface area contributed by atoms with Gasteiger partial charge in [0.2, 0.25) is 0 Å². The van der Waals surface area contributed by atoms with Crippen LogP contribution in [0.25, 0.3) is 0 Å². The van der Waals surface area contributed by atoms with Crippen LogP contribution < -0.4 is 10.6 Å². The first-order valence-electron chi connectivity index (χ1n) is 6.99. The smallest absolute Gasteiger partial charge is 0.191 e. The van der Waals surface area contributed by atoms with Crippen molar-refractivity contribution in [1.82, 2.24) is 10.6 Å². The number of nitrogens with one attached hydrogen (secondary N) is 2. The maximum atomic E-state index is 5.30. The Morgan fingerprint density at radius 2 is 2.21 bits per heavy atom. The molecule has 5 heteroatoms. The fourth-order valence-corrected chi connectivity index (χ4v) is 1.58. The van der Waals surface area contributed by atoms with Crippen molar-refractivity contribution in [2.24, 2.45) is 4.99 Å². The molecule has 0 unspecified atom stereocenters. The van der Waals surface area contributed by atoms with Crippen molar-refractivity contribution in [2.75, 3.05) is 26.3 Å². The highest BCUT2D eigenvalue weighted by Crippen LogP contribution is 2.01. The van der Waals surface area contributed by atoms with E-state index < -0.39 is 0 Å². The monoisotopic (exact) mass is 267 g/mol. The summed E-state index contributed by atoms with van der Waals surface area (Å²) < 4.78 is 10.6. The van der Waals surface area contributed by atoms with Gasteiger partial charge < -0.3 is 19.8 Å². The molecule has 19 heavy (non-hydrogen) atoms. The van der Waals surface area contributed by atoms with Gasteiger partial charge in [0.05, 0.1) is 6.26 Å². The predicted octanol–water partition coefficient (Wildman–Crippen LogP) is 2.15. The maximum absolute atomic E-state index is 5.30. The molecule has 0 saturated heterocycles. The van der Waals surface area contributed by atoms with E-state index in [0.717, 1.165) is 50.9 Å². The summed E-state index contributed by atoms with van der Waals surface area (Å²) in [4.78, 5) is 4.46. The number of hydrogen-bond donors (Lipinski definition) is 2. The highest BCUT2D eigenvalue weighted by Gasteiger charge is 1.98. The first-order chi connectivity index (χ1) is 9.36. The number of rotatable bonds is 9. The number of aliphatic imine (C=N–C) groups is 1. The average molecular weight is 267 g/mol. The molecule has 1 rings (SSSR count). The molecule has 0 aliphatic carbocycles. The molecule has 2 N–H and O–H groups in total. The fraction of sp³-hybridized carbons (Fsp3) is 0.643. The number of unbranched alkanes of at least 4 members (excludes halogenated alkanes) is 1. The van der Waals surface area contributed by atoms with Crippen LogP contribution in [0.3, 0.4) is 0 Å². The molecule has 0 radical (unpaired) electrons. The number of ether oxygens (including phenoxy) is 1. The van der Waals surface area contributed by atoms with Crippen LogP contribution in [0.4, 0.5) is 0 Å². The van der Waals surface area contributed by atoms with E-state index in [-0.39, 0.29) is 0 Å². The lowest BCUT2D eigenvalue weighted by atomic mass is 10.3. The van der Waals surface area contributed by atoms with Crippen LogP contribution in [-0.2, 0) is 11.3 Å². The zero-order valence-electron chi connectivity index (χ0n) is 11.9. The van der Waals surface area contributed by atoms with E-state index in [0.29, 0.717) is 6.54 Å². The fourth-order valence-electron chi connectivity index (χ4n) is 1.58. The summed E-state index contributed by atoms with van der Waals surface area (Å²) in [5, 5.41) is 6.51. The summed E-state index contributed by atoms with van der Waals surface area (Å²) >= 11 is 0. The molecule has 1 heterocycles. The van der Waals surface area contributed by atoms with Crippen molar-refractivity contribution in [2.45, 2.75) is 33.2 Å². The molecule has 0 spiro atoms. The lowest BCUT2D eigenvalue weighted by molar-refractivity contribution is 0.143. The van der Waals surface area contributed by atoms with E-state index in [9.17, 15) is 0 Å². The largest absolute Gasteiger partial charge is 0.467 e. The van der Waals surface area contributed by atoms with Gasteiger partial charge in [0.15, 0.2) is 5.96 Å². The lowest BCUT2D eigenvalue weighted by Crippen LogP contribution is -2.37. The molecule has 0 bridgehead atoms. The van der Waals surface area contributed by atoms with Crippen molar-refractivity contribution in [3.8, 4) is 0 Å². The number of nitrogens with zero attached hydrogens (tertiary/aromatic N) is 1. The molecule has 0 amide bonds. The average Bonchev–Trinajstić information content (AvgIpc) is 2.93. The van der Waals surface area contributed by atoms with Crippen LogP contribution >= 0.6 is 0 Å². The highest BCUT2D eigenvalue weighted by atomic mass is 16.5. The minimum Gasteiger partial charge on any atom is -0.467 e. The molecule has 0 atom stereocenters. The summed E-state index contributed by atoms with van der Waals surface area (Å²) in [7, 11) is 0. The van der Waals surface area contributed by atoms with E-state index in [4.69, 9.17) is 9.15 Å². The standard InChI is InChI=1S/C14H25N3O2/c1-3-15-14(16-9-5-6-10-18-4-2)17-12-13-8-7-11-19-13/h7-8,11H,3-6,9-10,12H2,1-2H3,(H2,15,16,17). The molecular formula is C14H25N3O2. The van der Waals surface area contributed by atoms with Gasteiger partial charge in [0, 0.05) is 26.3 Å². The van der Waals surface area contributed by atoms with Gasteiger partial charge in [0.25, 0.3) is 0 Å². The molecule has 0 saturated carbocycles. The van der Waals surface area contributed by atoms with Gasteiger partial charge in [-0.2, -0.15) is 0 Å². The Balaban J connectivity index is 2.21. The molecule has 0 aromatic carbocycles. The second-order valence-electron chi connectivity index (χ2n) is 4.11. The van der Waals surface area contributed by atoms with Crippen LogP contribution in [0.15, 0.2) is 27.8 Å². The third kappa shape index (κ3) is 7.51. The summed E-state index contributed by atoms with van der Waals surface area (Å²) in [6.07, 6.45) is 3.81. The van der Waals surface area contributed by atoms with Crippen molar-refractivity contribution in [1.29, 1.82) is 0 Å². The number of guanidine groups is 1. The maximum Gasteiger partial charge on any atom is 0.191 e. The summed E-state index contributed by atoms with van der Waals surface area (Å²) in [6, 6.07) is 3.80. The quantitative estimate of drug-likeness (QED) is 0.409. The molecule has 0 aliphatic rings. The number of furan rings is 1. The first kappa shape index (κ1) is 15.6. The van der Waals surface area contributed by atoms with Crippen molar-refractivity contribution in [3.05, 3.63) is 24.2 Å².